The highest BCUT2D eigenvalue weighted by Crippen LogP contribution is 2.36. The molecule has 0 aliphatic rings. The largest absolute Gasteiger partial charge is 0.508 e. The van der Waals surface area contributed by atoms with Crippen molar-refractivity contribution in [2.75, 3.05) is 93.5 Å². The number of phenolic OH excluding ortho intramolecular Hbond substituents is 1. The summed E-state index contributed by atoms with van der Waals surface area (Å²) >= 11 is 23.3. The number of halogens is 6. The van der Waals surface area contributed by atoms with Crippen LogP contribution in [-0.2, 0) is 4.74 Å². The molecule has 115 heavy (non-hydrogen) atoms. The van der Waals surface area contributed by atoms with E-state index >= 15 is 0 Å². The van der Waals surface area contributed by atoms with E-state index in [1.165, 1.54) is 11.1 Å². The number of rotatable bonds is 20. The van der Waals surface area contributed by atoms with Crippen LogP contribution in [0.5, 0.6) is 17.2 Å². The number of hydrogen-bond acceptors (Lipinski definition) is 20. The lowest BCUT2D eigenvalue weighted by atomic mass is 10.0. The lowest BCUT2D eigenvalue weighted by molar-refractivity contribution is 0.146. The van der Waals surface area contributed by atoms with Crippen molar-refractivity contribution in [1.29, 1.82) is 0 Å². The van der Waals surface area contributed by atoms with Crippen LogP contribution in [-0.4, -0.2) is 140 Å². The summed E-state index contributed by atoms with van der Waals surface area (Å²) in [6.45, 7) is 3.67. The lowest BCUT2D eigenvalue weighted by Crippen LogP contribution is -2.04. The van der Waals surface area contributed by atoms with Gasteiger partial charge in [0.2, 0.25) is 0 Å². The summed E-state index contributed by atoms with van der Waals surface area (Å²) in [5.74, 6) is 8.77. The lowest BCUT2D eigenvalue weighted by Gasteiger charge is -2.11. The van der Waals surface area contributed by atoms with Crippen LogP contribution in [0.2, 0.25) is 0 Å². The molecule has 16 aromatic rings. The van der Waals surface area contributed by atoms with Crippen LogP contribution in [0, 0.1) is 6.92 Å². The monoisotopic (exact) mass is 1820 g/mol. The van der Waals surface area contributed by atoms with Gasteiger partial charge in [0.15, 0.2) is 23.3 Å². The number of methoxy groups -OCH3 is 1. The standard InChI is InChI=1S/C23H22N4O2.C22H19ClN4O.C21H18N4.C20H16N4O.C2H4BrCl.BBr3/c1-24-23-20-14-17(16-5-3-7-19(13-16)29-12-11-28-2)8-9-21(20)26-22(27-23)18-6-4-10-25-15-18;1-24-22-19-13-16(15-4-2-6-18(12-15)28-11-9-23)7-8-20(19)26-21(27-22)17-5-3-10-25-14-17;1-14-5-3-6-15(11-14)16-8-9-19-18(12-16)21(22-2)25-20(24-19)17-7-4-10-23-13-17;1-21-20-17-11-14(13-4-2-6-16(25)10-13)7-8-18(17)23-19(24-20)15-5-3-9-22-12-15;3-1-2-4;2-1(3)4/h3-10,13-15H,11-12H2,1-2H3,(H,24,26,27);2-8,10,12-14H,9,11H2,1H3,(H,24,26,27);3-13H,1-2H3,(H,22,24,25);2-12,25H,1H3,(H,21,23,24);1-2H2;. The molecular weight excluding hydrogens is 1750 g/mol. The minimum Gasteiger partial charge on any atom is -0.508 e. The maximum absolute atomic E-state index is 9.71. The number of ether oxygens (including phenoxy) is 3. The Kier molecular flexibility index (Phi) is 32.0. The van der Waals surface area contributed by atoms with Gasteiger partial charge in [0, 0.05) is 140 Å². The van der Waals surface area contributed by atoms with Crippen molar-refractivity contribution < 1.29 is 19.3 Å². The molecule has 16 rings (SSSR count). The summed E-state index contributed by atoms with van der Waals surface area (Å²) in [5, 5.41) is 27.2. The average molecular weight is 1830 g/mol. The van der Waals surface area contributed by atoms with Crippen molar-refractivity contribution >= 4 is 156 Å². The van der Waals surface area contributed by atoms with E-state index in [1.807, 2.05) is 156 Å². The Morgan fingerprint density at radius 1 is 0.348 bits per heavy atom. The first kappa shape index (κ1) is 84.7. The highest BCUT2D eigenvalue weighted by Gasteiger charge is 2.17. The third kappa shape index (κ3) is 23.5. The van der Waals surface area contributed by atoms with Crippen LogP contribution in [0.25, 0.3) is 134 Å². The van der Waals surface area contributed by atoms with Gasteiger partial charge < -0.3 is 40.6 Å². The SMILES string of the molecule is BrB(Br)Br.CNc1nc(-c2cccnc2)nc2ccc(-c3cccc(C)c3)cc12.CNc1nc(-c2cccnc2)nc2ccc(-c3cccc(O)c3)cc12.CNc1nc(-c2cccnc2)nc2ccc(-c3cccc(OCCCl)c3)cc12.CNc1nc(-c2cccnc2)nc2ccc(-c3cccc(OCCOC)c3)cc12.ClCCBr. The zero-order valence-electron chi connectivity index (χ0n) is 63.5. The number of aromatic nitrogens is 12. The number of hydrogen-bond donors (Lipinski definition) is 5. The molecule has 0 bridgehead atoms. The molecule has 0 atom stereocenters. The highest BCUT2D eigenvalue weighted by atomic mass is 79.9. The topological polar surface area (TPSA) is 251 Å². The van der Waals surface area contributed by atoms with Gasteiger partial charge in [-0.25, -0.2) is 39.9 Å². The third-order valence-corrected chi connectivity index (χ3v) is 18.4. The Labute approximate surface area is 711 Å². The van der Waals surface area contributed by atoms with Crippen LogP contribution in [0.15, 0.2) is 268 Å². The fraction of sp³-hybridized carbons (Fsp3) is 0.136. The van der Waals surface area contributed by atoms with Crippen molar-refractivity contribution in [3.8, 4) is 107 Å². The smallest absolute Gasteiger partial charge is 0.369 e. The molecule has 0 radical (unpaired) electrons. The van der Waals surface area contributed by atoms with Crippen molar-refractivity contribution in [2.24, 2.45) is 0 Å². The Morgan fingerprint density at radius 2 is 0.643 bits per heavy atom. The summed E-state index contributed by atoms with van der Waals surface area (Å²) in [7, 11) is 9.12. The van der Waals surface area contributed by atoms with E-state index in [0.717, 1.165) is 145 Å². The predicted octanol–water partition coefficient (Wildman–Crippen LogP) is 22.0. The van der Waals surface area contributed by atoms with Crippen LogP contribution in [0.1, 0.15) is 5.56 Å². The molecule has 0 fully saturated rings. The second-order valence-electron chi connectivity index (χ2n) is 25.0. The number of anilines is 4. The Morgan fingerprint density at radius 3 is 0.930 bits per heavy atom. The average Bonchev–Trinajstić information content (AvgIpc) is 0.800. The van der Waals surface area contributed by atoms with Gasteiger partial charge in [0.1, 0.15) is 53.7 Å². The molecule has 20 nitrogen and oxygen atoms in total. The number of aromatic hydroxyl groups is 1. The van der Waals surface area contributed by atoms with Gasteiger partial charge in [-0.2, -0.15) is 0 Å². The molecule has 0 saturated heterocycles. The third-order valence-electron chi connectivity index (χ3n) is 17.2. The molecule has 580 valence electrons. The van der Waals surface area contributed by atoms with Gasteiger partial charge in [-0.15, -0.1) is 70.5 Å². The Balaban J connectivity index is 0.000000146. The van der Waals surface area contributed by atoms with Gasteiger partial charge in [0.25, 0.3) is 0 Å². The molecule has 5 N–H and O–H groups in total. The number of nitrogens with zero attached hydrogens (tertiary/aromatic N) is 12. The van der Waals surface area contributed by atoms with E-state index in [2.05, 4.69) is 210 Å². The normalized spacial score (nSPS) is 10.5. The van der Waals surface area contributed by atoms with E-state index in [-0.39, 0.29) is 8.93 Å². The first-order valence-corrected chi connectivity index (χ1v) is 41.2. The van der Waals surface area contributed by atoms with E-state index in [4.69, 9.17) is 57.3 Å². The van der Waals surface area contributed by atoms with Gasteiger partial charge in [-0.1, -0.05) is 106 Å². The molecule has 0 spiro atoms. The summed E-state index contributed by atoms with van der Waals surface area (Å²) in [4.78, 5) is 54.1. The molecule has 0 aliphatic heterocycles. The summed E-state index contributed by atoms with van der Waals surface area (Å²) in [5.41, 5.74) is 16.9. The minimum atomic E-state index is 0.245. The molecule has 8 heterocycles. The number of aryl methyl sites for hydroxylation is 1. The minimum absolute atomic E-state index is 0.245. The summed E-state index contributed by atoms with van der Waals surface area (Å²) < 4.78 is 16.7. The van der Waals surface area contributed by atoms with Gasteiger partial charge >= 0.3 is 3.18 Å². The van der Waals surface area contributed by atoms with Gasteiger partial charge in [-0.05, 0) is 185 Å². The molecule has 0 unspecified atom stereocenters. The van der Waals surface area contributed by atoms with Crippen LogP contribution in [0.3, 0.4) is 0 Å². The van der Waals surface area contributed by atoms with E-state index in [1.54, 1.807) is 68.8 Å². The first-order valence-electron chi connectivity index (χ1n) is 36.2. The number of nitrogens with one attached hydrogen (secondary N) is 4. The predicted molar refractivity (Wildman–Crippen MR) is 488 cm³/mol. The summed E-state index contributed by atoms with van der Waals surface area (Å²) in [6, 6.07) is 71.7. The zero-order chi connectivity index (χ0) is 80.8. The maximum Gasteiger partial charge on any atom is 0.369 e. The number of pyridine rings is 4. The quantitative estimate of drug-likeness (QED) is 0.0270. The highest BCUT2D eigenvalue weighted by molar-refractivity contribution is 9.69. The fourth-order valence-corrected chi connectivity index (χ4v) is 12.0. The van der Waals surface area contributed by atoms with E-state index < -0.39 is 0 Å². The van der Waals surface area contributed by atoms with E-state index in [9.17, 15) is 5.11 Å². The van der Waals surface area contributed by atoms with Crippen molar-refractivity contribution in [2.45, 2.75) is 6.92 Å². The molecule has 8 aromatic heterocycles. The van der Waals surface area contributed by atoms with Crippen LogP contribution < -0.4 is 30.7 Å². The number of phenols is 1. The van der Waals surface area contributed by atoms with Crippen molar-refractivity contribution in [3.05, 3.63) is 274 Å². The van der Waals surface area contributed by atoms with Gasteiger partial charge in [0.05, 0.1) is 34.6 Å². The molecule has 0 saturated carbocycles. The molecule has 8 aromatic carbocycles. The van der Waals surface area contributed by atoms with Crippen LogP contribution in [0.4, 0.5) is 23.3 Å². The summed E-state index contributed by atoms with van der Waals surface area (Å²) in [6.07, 6.45) is 14.0. The Hall–Kier alpha value is -11.2. The molecule has 0 aliphatic carbocycles. The van der Waals surface area contributed by atoms with E-state index in [0.29, 0.717) is 54.9 Å². The first-order chi connectivity index (χ1) is 56.2. The van der Waals surface area contributed by atoms with Crippen molar-refractivity contribution in [1.82, 2.24) is 59.8 Å². The Bertz CT molecular complexity index is 5680. The molecule has 27 heteroatoms. The second-order valence-corrected chi connectivity index (χ2v) is 32.9. The van der Waals surface area contributed by atoms with Crippen LogP contribution >= 0.6 is 86.4 Å². The maximum atomic E-state index is 9.71. The molecular formula is C88H79BBr4Cl2N16O4. The van der Waals surface area contributed by atoms with Crippen molar-refractivity contribution in [3.63, 3.8) is 0 Å². The van der Waals surface area contributed by atoms with Gasteiger partial charge in [-0.3, -0.25) is 19.9 Å². The molecule has 0 amide bonds. The number of alkyl halides is 3. The zero-order valence-corrected chi connectivity index (χ0v) is 71.4. The second kappa shape index (κ2) is 43.4. The fourth-order valence-electron chi connectivity index (χ4n) is 11.9. The number of benzene rings is 8. The number of fused-ring (bicyclic) bond motifs is 4.